The maximum atomic E-state index is 11.6. The molecule has 0 aromatic carbocycles. The fourth-order valence-electron chi connectivity index (χ4n) is 1.51. The van der Waals surface area contributed by atoms with Crippen molar-refractivity contribution in [2.45, 2.75) is 45.2 Å². The third-order valence-corrected chi connectivity index (χ3v) is 3.85. The van der Waals surface area contributed by atoms with Crippen LogP contribution in [0.4, 0.5) is 0 Å². The van der Waals surface area contributed by atoms with Gasteiger partial charge in [0, 0.05) is 11.4 Å². The molecular weight excluding hydrogens is 234 g/mol. The molecule has 1 saturated carbocycles. The standard InChI is InChI=1S/C12H19N3OS/c1-7(2)11(13)12-15-9(6-17-12)5-10(16)14-8-3-4-8/h6-8,11H,3-5,13H2,1-2H3,(H,14,16). The molecule has 1 aromatic heterocycles. The van der Waals surface area contributed by atoms with Gasteiger partial charge in [0.05, 0.1) is 18.2 Å². The van der Waals surface area contributed by atoms with Crippen LogP contribution in [0.15, 0.2) is 5.38 Å². The first-order valence-electron chi connectivity index (χ1n) is 6.05. The van der Waals surface area contributed by atoms with E-state index >= 15 is 0 Å². The summed E-state index contributed by atoms with van der Waals surface area (Å²) in [7, 11) is 0. The molecule has 1 fully saturated rings. The Kier molecular flexibility index (Phi) is 3.79. The minimum atomic E-state index is -0.0276. The Morgan fingerprint density at radius 3 is 2.94 bits per heavy atom. The van der Waals surface area contributed by atoms with E-state index in [0.717, 1.165) is 23.5 Å². The Bertz CT molecular complexity index is 398. The number of nitrogens with zero attached hydrogens (tertiary/aromatic N) is 1. The Morgan fingerprint density at radius 1 is 1.65 bits per heavy atom. The zero-order valence-corrected chi connectivity index (χ0v) is 11.1. The van der Waals surface area contributed by atoms with Gasteiger partial charge in [-0.25, -0.2) is 4.98 Å². The second kappa shape index (κ2) is 5.14. The number of rotatable bonds is 5. The van der Waals surface area contributed by atoms with Crippen molar-refractivity contribution in [1.29, 1.82) is 0 Å². The zero-order valence-electron chi connectivity index (χ0n) is 10.3. The van der Waals surface area contributed by atoms with Crippen molar-refractivity contribution in [3.8, 4) is 0 Å². The van der Waals surface area contributed by atoms with Crippen LogP contribution in [0.5, 0.6) is 0 Å². The number of nitrogens with two attached hydrogens (primary N) is 1. The van der Waals surface area contributed by atoms with Crippen LogP contribution in [-0.4, -0.2) is 16.9 Å². The summed E-state index contributed by atoms with van der Waals surface area (Å²) in [5, 5.41) is 5.82. The third kappa shape index (κ3) is 3.51. The van der Waals surface area contributed by atoms with E-state index in [-0.39, 0.29) is 11.9 Å². The Hall–Kier alpha value is -0.940. The van der Waals surface area contributed by atoms with Crippen LogP contribution in [0.3, 0.4) is 0 Å². The average Bonchev–Trinajstić information content (AvgIpc) is 2.94. The van der Waals surface area contributed by atoms with E-state index in [2.05, 4.69) is 24.1 Å². The Morgan fingerprint density at radius 2 is 2.35 bits per heavy atom. The summed E-state index contributed by atoms with van der Waals surface area (Å²) in [6.07, 6.45) is 2.61. The predicted molar refractivity (Wildman–Crippen MR) is 68.7 cm³/mol. The van der Waals surface area contributed by atoms with Gasteiger partial charge >= 0.3 is 0 Å². The largest absolute Gasteiger partial charge is 0.353 e. The molecule has 17 heavy (non-hydrogen) atoms. The first-order chi connectivity index (χ1) is 8.06. The van der Waals surface area contributed by atoms with Gasteiger partial charge in [-0.15, -0.1) is 11.3 Å². The van der Waals surface area contributed by atoms with Crippen LogP contribution >= 0.6 is 11.3 Å². The molecule has 1 heterocycles. The van der Waals surface area contributed by atoms with E-state index in [0.29, 0.717) is 18.4 Å². The number of hydrogen-bond donors (Lipinski definition) is 2. The number of amides is 1. The summed E-state index contributed by atoms with van der Waals surface area (Å²) in [5.74, 6) is 0.441. The highest BCUT2D eigenvalue weighted by Crippen LogP contribution is 2.23. The molecule has 1 aliphatic carbocycles. The number of carbonyl (C=O) groups excluding carboxylic acids is 1. The lowest BCUT2D eigenvalue weighted by Crippen LogP contribution is -2.27. The summed E-state index contributed by atoms with van der Waals surface area (Å²) in [5.41, 5.74) is 6.85. The molecule has 0 aliphatic heterocycles. The minimum Gasteiger partial charge on any atom is -0.353 e. The Labute approximate surface area is 106 Å². The lowest BCUT2D eigenvalue weighted by Gasteiger charge is -2.11. The second-order valence-corrected chi connectivity index (χ2v) is 5.86. The summed E-state index contributed by atoms with van der Waals surface area (Å²) < 4.78 is 0. The maximum absolute atomic E-state index is 11.6. The fraction of sp³-hybridized carbons (Fsp3) is 0.667. The van der Waals surface area contributed by atoms with Crippen molar-refractivity contribution < 1.29 is 4.79 Å². The number of carbonyl (C=O) groups is 1. The molecule has 5 heteroatoms. The lowest BCUT2D eigenvalue weighted by atomic mass is 10.1. The number of aromatic nitrogens is 1. The molecule has 1 aromatic rings. The number of nitrogens with one attached hydrogen (secondary N) is 1. The van der Waals surface area contributed by atoms with Crippen LogP contribution in [0.2, 0.25) is 0 Å². The predicted octanol–water partition coefficient (Wildman–Crippen LogP) is 1.62. The van der Waals surface area contributed by atoms with Gasteiger partial charge in [0.25, 0.3) is 0 Å². The van der Waals surface area contributed by atoms with Gasteiger partial charge < -0.3 is 11.1 Å². The summed E-state index contributed by atoms with van der Waals surface area (Å²) >= 11 is 1.55. The van der Waals surface area contributed by atoms with Crippen molar-refractivity contribution >= 4 is 17.2 Å². The smallest absolute Gasteiger partial charge is 0.226 e. The van der Waals surface area contributed by atoms with Crippen LogP contribution in [0.25, 0.3) is 0 Å². The molecule has 94 valence electrons. The van der Waals surface area contributed by atoms with E-state index in [1.54, 1.807) is 11.3 Å². The van der Waals surface area contributed by atoms with Gasteiger partial charge in [-0.3, -0.25) is 4.79 Å². The number of hydrogen-bond acceptors (Lipinski definition) is 4. The highest BCUT2D eigenvalue weighted by Gasteiger charge is 2.23. The van der Waals surface area contributed by atoms with E-state index < -0.39 is 0 Å². The van der Waals surface area contributed by atoms with Crippen molar-refractivity contribution in [2.75, 3.05) is 0 Å². The van der Waals surface area contributed by atoms with Crippen LogP contribution < -0.4 is 11.1 Å². The molecule has 0 bridgehead atoms. The molecule has 1 unspecified atom stereocenters. The average molecular weight is 253 g/mol. The summed E-state index contributed by atoms with van der Waals surface area (Å²) in [6.45, 7) is 4.15. The second-order valence-electron chi connectivity index (χ2n) is 4.97. The molecule has 1 amide bonds. The molecule has 0 saturated heterocycles. The topological polar surface area (TPSA) is 68.0 Å². The van der Waals surface area contributed by atoms with Gasteiger partial charge in [0.2, 0.25) is 5.91 Å². The van der Waals surface area contributed by atoms with Crippen molar-refractivity contribution in [3.63, 3.8) is 0 Å². The molecule has 3 N–H and O–H groups in total. The van der Waals surface area contributed by atoms with Gasteiger partial charge in [-0.2, -0.15) is 0 Å². The van der Waals surface area contributed by atoms with Crippen molar-refractivity contribution in [1.82, 2.24) is 10.3 Å². The molecule has 1 aliphatic rings. The zero-order chi connectivity index (χ0) is 12.4. The van der Waals surface area contributed by atoms with Gasteiger partial charge in [0.1, 0.15) is 5.01 Å². The Balaban J connectivity index is 1.90. The summed E-state index contributed by atoms with van der Waals surface area (Å²) in [4.78, 5) is 16.0. The highest BCUT2D eigenvalue weighted by atomic mass is 32.1. The monoisotopic (exact) mass is 253 g/mol. The van der Waals surface area contributed by atoms with Crippen LogP contribution in [-0.2, 0) is 11.2 Å². The van der Waals surface area contributed by atoms with Crippen molar-refractivity contribution in [2.24, 2.45) is 11.7 Å². The molecule has 0 radical (unpaired) electrons. The number of thiazole rings is 1. The third-order valence-electron chi connectivity index (χ3n) is 2.86. The lowest BCUT2D eigenvalue weighted by molar-refractivity contribution is -0.120. The molecular formula is C12H19N3OS. The maximum Gasteiger partial charge on any atom is 0.226 e. The molecule has 4 nitrogen and oxygen atoms in total. The van der Waals surface area contributed by atoms with E-state index in [1.165, 1.54) is 0 Å². The first kappa shape index (κ1) is 12.5. The fourth-order valence-corrected chi connectivity index (χ4v) is 2.51. The van der Waals surface area contributed by atoms with Crippen LogP contribution in [0, 0.1) is 5.92 Å². The van der Waals surface area contributed by atoms with Gasteiger partial charge in [-0.05, 0) is 18.8 Å². The molecule has 2 rings (SSSR count). The van der Waals surface area contributed by atoms with E-state index in [1.807, 2.05) is 5.38 Å². The van der Waals surface area contributed by atoms with E-state index in [4.69, 9.17) is 5.73 Å². The van der Waals surface area contributed by atoms with Crippen molar-refractivity contribution in [3.05, 3.63) is 16.1 Å². The normalized spacial score (nSPS) is 17.2. The van der Waals surface area contributed by atoms with E-state index in [9.17, 15) is 4.79 Å². The highest BCUT2D eigenvalue weighted by molar-refractivity contribution is 7.09. The quantitative estimate of drug-likeness (QED) is 0.838. The minimum absolute atomic E-state index is 0.0276. The molecule has 0 spiro atoms. The SMILES string of the molecule is CC(C)C(N)c1nc(CC(=O)NC2CC2)cs1. The first-order valence-corrected chi connectivity index (χ1v) is 6.93. The summed E-state index contributed by atoms with van der Waals surface area (Å²) in [6, 6.07) is 0.388. The van der Waals surface area contributed by atoms with Gasteiger partial charge in [0.15, 0.2) is 0 Å². The van der Waals surface area contributed by atoms with Crippen LogP contribution in [0.1, 0.15) is 43.4 Å². The molecule has 1 atom stereocenters. The van der Waals surface area contributed by atoms with Gasteiger partial charge in [-0.1, -0.05) is 13.8 Å².